The zero-order valence-electron chi connectivity index (χ0n) is 20.0. The Morgan fingerprint density at radius 2 is 1.12 bits per heavy atom. The van der Waals surface area contributed by atoms with Gasteiger partial charge in [0.1, 0.15) is 11.5 Å². The van der Waals surface area contributed by atoms with Crippen molar-refractivity contribution in [3.05, 3.63) is 59.7 Å². The molecule has 0 saturated heterocycles. The molecule has 2 rings (SSSR count). The fourth-order valence-electron chi connectivity index (χ4n) is 3.13. The van der Waals surface area contributed by atoms with Crippen LogP contribution in [0.5, 0.6) is 11.5 Å². The summed E-state index contributed by atoms with van der Waals surface area (Å²) in [6.45, 7) is 4.96. The molecule has 2 aromatic rings. The molecular weight excluding hydrogens is 432 g/mol. The van der Waals surface area contributed by atoms with Crippen molar-refractivity contribution < 1.29 is 19.1 Å². The first kappa shape index (κ1) is 26.6. The van der Waals surface area contributed by atoms with Crippen molar-refractivity contribution in [2.24, 2.45) is 10.2 Å². The molecule has 8 heteroatoms. The van der Waals surface area contributed by atoms with E-state index >= 15 is 0 Å². The van der Waals surface area contributed by atoms with Crippen LogP contribution in [0.4, 0.5) is 0 Å². The maximum atomic E-state index is 11.9. The number of hydrogen-bond donors (Lipinski definition) is 2. The summed E-state index contributed by atoms with van der Waals surface area (Å²) < 4.78 is 11.0. The minimum Gasteiger partial charge on any atom is -0.493 e. The molecule has 0 spiro atoms. The molecule has 0 radical (unpaired) electrons. The predicted molar refractivity (Wildman–Crippen MR) is 134 cm³/mol. The monoisotopic (exact) mass is 466 g/mol. The van der Waals surface area contributed by atoms with E-state index in [0.29, 0.717) is 26.1 Å². The molecule has 0 atom stereocenters. The first-order chi connectivity index (χ1) is 16.6. The van der Waals surface area contributed by atoms with Crippen LogP contribution in [0.3, 0.4) is 0 Å². The lowest BCUT2D eigenvalue weighted by atomic mass is 10.1. The third-order valence-corrected chi connectivity index (χ3v) is 4.78. The van der Waals surface area contributed by atoms with Crippen LogP contribution in [0, 0.1) is 0 Å². The van der Waals surface area contributed by atoms with E-state index in [1.807, 2.05) is 62.4 Å². The Hall–Kier alpha value is -3.68. The smallest absolute Gasteiger partial charge is 0.240 e. The molecule has 0 bridgehead atoms. The van der Waals surface area contributed by atoms with Gasteiger partial charge in [-0.2, -0.15) is 10.2 Å². The second-order valence-corrected chi connectivity index (χ2v) is 7.44. The van der Waals surface area contributed by atoms with Gasteiger partial charge in [-0.25, -0.2) is 10.9 Å². The van der Waals surface area contributed by atoms with Crippen molar-refractivity contribution in [3.63, 3.8) is 0 Å². The van der Waals surface area contributed by atoms with E-state index in [0.717, 1.165) is 48.3 Å². The number of unbranched alkanes of at least 4 members (excludes halogenated alkanes) is 3. The molecule has 34 heavy (non-hydrogen) atoms. The first-order valence-corrected chi connectivity index (χ1v) is 11.7. The highest BCUT2D eigenvalue weighted by Gasteiger charge is 2.04. The lowest BCUT2D eigenvalue weighted by Gasteiger charge is -2.06. The van der Waals surface area contributed by atoms with E-state index in [1.54, 1.807) is 12.4 Å². The van der Waals surface area contributed by atoms with Crippen LogP contribution in [0.25, 0.3) is 0 Å². The van der Waals surface area contributed by atoms with Crippen LogP contribution in [-0.2, 0) is 9.59 Å². The number of benzene rings is 2. The molecule has 0 fully saturated rings. The molecule has 0 aromatic heterocycles. The molecule has 0 heterocycles. The third kappa shape index (κ3) is 10.3. The standard InChI is InChI=1S/C26H34N4O4/c1-3-33-23-15-11-9-13-21(23)19-27-29-25(31)17-7-5-6-8-18-26(32)30-28-20-22-14-10-12-16-24(22)34-4-2/h9-16,19-20H,3-8,17-18H2,1-2H3,(H,29,31)(H,30,32)/b27-19-,28-20-. The molecule has 2 amide bonds. The number of carbonyl (C=O) groups excluding carboxylic acids is 2. The molecule has 2 aromatic carbocycles. The number of rotatable bonds is 15. The number of amides is 2. The highest BCUT2D eigenvalue weighted by atomic mass is 16.5. The Bertz CT molecular complexity index is 882. The average Bonchev–Trinajstić information content (AvgIpc) is 2.84. The van der Waals surface area contributed by atoms with Gasteiger partial charge in [-0.3, -0.25) is 9.59 Å². The van der Waals surface area contributed by atoms with Gasteiger partial charge in [0, 0.05) is 24.0 Å². The van der Waals surface area contributed by atoms with Crippen molar-refractivity contribution in [1.29, 1.82) is 0 Å². The average molecular weight is 467 g/mol. The van der Waals surface area contributed by atoms with Crippen molar-refractivity contribution >= 4 is 24.2 Å². The quantitative estimate of drug-likeness (QED) is 0.230. The second kappa shape index (κ2) is 16.0. The molecule has 0 unspecified atom stereocenters. The number of nitrogens with one attached hydrogen (secondary N) is 2. The molecular formula is C26H34N4O4. The summed E-state index contributed by atoms with van der Waals surface area (Å²) in [5.41, 5.74) is 6.71. The van der Waals surface area contributed by atoms with Crippen molar-refractivity contribution in [2.75, 3.05) is 13.2 Å². The lowest BCUT2D eigenvalue weighted by Crippen LogP contribution is -2.17. The fourth-order valence-corrected chi connectivity index (χ4v) is 3.13. The van der Waals surface area contributed by atoms with E-state index < -0.39 is 0 Å². The van der Waals surface area contributed by atoms with E-state index in [1.165, 1.54) is 0 Å². The van der Waals surface area contributed by atoms with Gasteiger partial charge < -0.3 is 9.47 Å². The molecule has 0 aliphatic carbocycles. The molecule has 0 aliphatic heterocycles. The zero-order valence-corrected chi connectivity index (χ0v) is 20.0. The Morgan fingerprint density at radius 3 is 1.53 bits per heavy atom. The largest absolute Gasteiger partial charge is 0.493 e. The van der Waals surface area contributed by atoms with Crippen LogP contribution < -0.4 is 20.3 Å². The van der Waals surface area contributed by atoms with Gasteiger partial charge in [-0.05, 0) is 51.0 Å². The van der Waals surface area contributed by atoms with E-state index in [4.69, 9.17) is 9.47 Å². The van der Waals surface area contributed by atoms with Crippen LogP contribution in [0.2, 0.25) is 0 Å². The summed E-state index contributed by atoms with van der Waals surface area (Å²) in [4.78, 5) is 23.9. The summed E-state index contributed by atoms with van der Waals surface area (Å²) in [5, 5.41) is 8.02. The highest BCUT2D eigenvalue weighted by molar-refractivity contribution is 5.85. The Morgan fingerprint density at radius 1 is 0.706 bits per heavy atom. The Balaban J connectivity index is 1.56. The summed E-state index contributed by atoms with van der Waals surface area (Å²) in [5.74, 6) is 1.19. The Kier molecular flexibility index (Phi) is 12.5. The number of carbonyl (C=O) groups is 2. The number of hydrogen-bond acceptors (Lipinski definition) is 6. The predicted octanol–water partition coefficient (Wildman–Crippen LogP) is 4.43. The third-order valence-electron chi connectivity index (χ3n) is 4.78. The summed E-state index contributed by atoms with van der Waals surface area (Å²) in [6, 6.07) is 15.0. The maximum absolute atomic E-state index is 11.9. The van der Waals surface area contributed by atoms with Crippen LogP contribution in [-0.4, -0.2) is 37.5 Å². The molecule has 0 aliphatic rings. The number of para-hydroxylation sites is 2. The lowest BCUT2D eigenvalue weighted by molar-refractivity contribution is -0.122. The summed E-state index contributed by atoms with van der Waals surface area (Å²) in [7, 11) is 0. The zero-order chi connectivity index (χ0) is 24.4. The molecule has 0 saturated carbocycles. The van der Waals surface area contributed by atoms with Crippen molar-refractivity contribution in [1.82, 2.24) is 10.9 Å². The van der Waals surface area contributed by atoms with Crippen LogP contribution in [0.1, 0.15) is 63.5 Å². The number of nitrogens with zero attached hydrogens (tertiary/aromatic N) is 2. The van der Waals surface area contributed by atoms with Crippen molar-refractivity contribution in [3.8, 4) is 11.5 Å². The van der Waals surface area contributed by atoms with Gasteiger partial charge in [0.05, 0.1) is 25.6 Å². The fraction of sp³-hybridized carbons (Fsp3) is 0.385. The van der Waals surface area contributed by atoms with Gasteiger partial charge >= 0.3 is 0 Å². The van der Waals surface area contributed by atoms with Gasteiger partial charge in [-0.15, -0.1) is 0 Å². The molecule has 8 nitrogen and oxygen atoms in total. The van der Waals surface area contributed by atoms with Gasteiger partial charge in [0.15, 0.2) is 0 Å². The first-order valence-electron chi connectivity index (χ1n) is 11.7. The summed E-state index contributed by atoms with van der Waals surface area (Å²) in [6.07, 6.45) is 7.15. The highest BCUT2D eigenvalue weighted by Crippen LogP contribution is 2.16. The van der Waals surface area contributed by atoms with Crippen LogP contribution >= 0.6 is 0 Å². The minimum absolute atomic E-state index is 0.135. The topological polar surface area (TPSA) is 101 Å². The van der Waals surface area contributed by atoms with E-state index in [9.17, 15) is 9.59 Å². The summed E-state index contributed by atoms with van der Waals surface area (Å²) >= 11 is 0. The molecule has 182 valence electrons. The van der Waals surface area contributed by atoms with Crippen LogP contribution in [0.15, 0.2) is 58.7 Å². The minimum atomic E-state index is -0.135. The van der Waals surface area contributed by atoms with E-state index in [2.05, 4.69) is 21.1 Å². The maximum Gasteiger partial charge on any atom is 0.240 e. The van der Waals surface area contributed by atoms with Gasteiger partial charge in [0.2, 0.25) is 11.8 Å². The van der Waals surface area contributed by atoms with E-state index in [-0.39, 0.29) is 11.8 Å². The van der Waals surface area contributed by atoms with Crippen molar-refractivity contribution in [2.45, 2.75) is 52.4 Å². The Labute approximate surface area is 201 Å². The molecule has 2 N–H and O–H groups in total. The van der Waals surface area contributed by atoms with Gasteiger partial charge in [-0.1, -0.05) is 37.1 Å². The number of ether oxygens (including phenoxy) is 2. The normalized spacial score (nSPS) is 11.0. The second-order valence-electron chi connectivity index (χ2n) is 7.44. The number of hydrazone groups is 2. The SMILES string of the molecule is CCOc1ccccc1/C=N\NC(=O)CCCCCCC(=O)N/N=C\c1ccccc1OCC. The van der Waals surface area contributed by atoms with Gasteiger partial charge in [0.25, 0.3) is 0 Å².